The highest BCUT2D eigenvalue weighted by Crippen LogP contribution is 2.59. The molecular weight excluding hydrogens is 376 g/mol. The van der Waals surface area contributed by atoms with Gasteiger partial charge in [-0.15, -0.1) is 0 Å². The summed E-state index contributed by atoms with van der Waals surface area (Å²) in [6, 6.07) is 0. The highest BCUT2D eigenvalue weighted by Gasteiger charge is 2.62. The molecule has 0 aliphatic heterocycles. The molecule has 3 aliphatic carbocycles. The number of Topliss-reactive ketones (excluding diaryl/α,β-unsaturated/α-hetero) is 1. The number of carbonyl (C=O) groups excluding carboxylic acids is 3. The van der Waals surface area contributed by atoms with Gasteiger partial charge in [0.2, 0.25) is 0 Å². The van der Waals surface area contributed by atoms with Crippen molar-refractivity contribution in [3.05, 3.63) is 12.2 Å². The number of ether oxygens (including phenoxy) is 4. The average Bonchev–Trinajstić information content (AvgIpc) is 2.71. The SMILES string of the molecule is COCO[C@@H]1CC[C@]2(C)[C@H](C=C[C@@H]3CC(C(=O)OC)(C(=O)OC)CC(=O)[C@@H]32)[C@H]1C. The number of carbonyl (C=O) groups is 3. The van der Waals surface area contributed by atoms with E-state index in [4.69, 9.17) is 18.9 Å². The molecule has 0 heterocycles. The largest absolute Gasteiger partial charge is 0.468 e. The first-order valence-electron chi connectivity index (χ1n) is 10.2. The maximum Gasteiger partial charge on any atom is 0.323 e. The first kappa shape index (κ1) is 22.0. The molecule has 0 unspecified atom stereocenters. The lowest BCUT2D eigenvalue weighted by Gasteiger charge is -2.56. The van der Waals surface area contributed by atoms with Gasteiger partial charge in [0.25, 0.3) is 0 Å². The summed E-state index contributed by atoms with van der Waals surface area (Å²) in [5, 5.41) is 0. The average molecular weight is 408 g/mol. The molecule has 0 spiro atoms. The van der Waals surface area contributed by atoms with Crippen LogP contribution < -0.4 is 0 Å². The maximum atomic E-state index is 13.4. The van der Waals surface area contributed by atoms with Crippen LogP contribution in [0.15, 0.2) is 12.2 Å². The van der Waals surface area contributed by atoms with E-state index in [-0.39, 0.29) is 60.6 Å². The molecule has 0 aromatic rings. The van der Waals surface area contributed by atoms with Crippen molar-refractivity contribution in [2.45, 2.75) is 45.6 Å². The molecule has 3 rings (SSSR count). The Hall–Kier alpha value is -1.73. The number of esters is 2. The normalized spacial score (nSPS) is 38.0. The van der Waals surface area contributed by atoms with E-state index in [0.717, 1.165) is 12.8 Å². The highest BCUT2D eigenvalue weighted by atomic mass is 16.7. The van der Waals surface area contributed by atoms with E-state index in [0.29, 0.717) is 0 Å². The van der Waals surface area contributed by atoms with Crippen LogP contribution in [0.5, 0.6) is 0 Å². The molecule has 0 bridgehead atoms. The Labute approximate surface area is 172 Å². The van der Waals surface area contributed by atoms with Crippen LogP contribution in [-0.2, 0) is 33.3 Å². The fourth-order valence-electron chi connectivity index (χ4n) is 6.19. The van der Waals surface area contributed by atoms with Gasteiger partial charge < -0.3 is 18.9 Å². The molecule has 0 amide bonds. The monoisotopic (exact) mass is 408 g/mol. The number of allylic oxidation sites excluding steroid dienone is 2. The molecule has 0 radical (unpaired) electrons. The molecule has 2 saturated carbocycles. The molecule has 0 aromatic carbocycles. The van der Waals surface area contributed by atoms with Gasteiger partial charge >= 0.3 is 11.9 Å². The Morgan fingerprint density at radius 3 is 2.38 bits per heavy atom. The Morgan fingerprint density at radius 2 is 1.79 bits per heavy atom. The zero-order chi connectivity index (χ0) is 21.4. The molecule has 3 aliphatic rings. The molecule has 6 atom stereocenters. The predicted molar refractivity (Wildman–Crippen MR) is 104 cm³/mol. The summed E-state index contributed by atoms with van der Waals surface area (Å²) in [6.45, 7) is 4.59. The molecule has 2 fully saturated rings. The second kappa shape index (κ2) is 8.19. The molecule has 0 N–H and O–H groups in total. The summed E-state index contributed by atoms with van der Waals surface area (Å²) >= 11 is 0. The maximum absolute atomic E-state index is 13.4. The van der Waals surface area contributed by atoms with Crippen molar-refractivity contribution in [3.8, 4) is 0 Å². The summed E-state index contributed by atoms with van der Waals surface area (Å²) in [5.74, 6) is -1.44. The van der Waals surface area contributed by atoms with Crippen LogP contribution in [0.3, 0.4) is 0 Å². The molecular formula is C22H32O7. The van der Waals surface area contributed by atoms with Gasteiger partial charge in [-0.3, -0.25) is 14.4 Å². The van der Waals surface area contributed by atoms with Gasteiger partial charge in [-0.25, -0.2) is 0 Å². The van der Waals surface area contributed by atoms with Crippen molar-refractivity contribution in [1.82, 2.24) is 0 Å². The van der Waals surface area contributed by atoms with Crippen molar-refractivity contribution < 1.29 is 33.3 Å². The number of rotatable bonds is 5. The molecule has 0 saturated heterocycles. The molecule has 162 valence electrons. The number of hydrogen-bond acceptors (Lipinski definition) is 7. The third kappa shape index (κ3) is 3.42. The van der Waals surface area contributed by atoms with E-state index in [1.54, 1.807) is 7.11 Å². The van der Waals surface area contributed by atoms with Gasteiger partial charge in [-0.2, -0.15) is 0 Å². The molecule has 7 heteroatoms. The van der Waals surface area contributed by atoms with E-state index in [9.17, 15) is 14.4 Å². The Kier molecular flexibility index (Phi) is 6.20. The lowest BCUT2D eigenvalue weighted by atomic mass is 9.47. The van der Waals surface area contributed by atoms with Crippen LogP contribution in [0.2, 0.25) is 0 Å². The first-order valence-corrected chi connectivity index (χ1v) is 10.2. The summed E-state index contributed by atoms with van der Waals surface area (Å²) < 4.78 is 20.7. The molecule has 29 heavy (non-hydrogen) atoms. The second-order valence-corrected chi connectivity index (χ2v) is 8.98. The van der Waals surface area contributed by atoms with Crippen LogP contribution in [0.1, 0.15) is 39.5 Å². The smallest absolute Gasteiger partial charge is 0.323 e. The molecule has 0 aromatic heterocycles. The summed E-state index contributed by atoms with van der Waals surface area (Å²) in [4.78, 5) is 38.5. The number of fused-ring (bicyclic) bond motifs is 3. The number of hydrogen-bond donors (Lipinski definition) is 0. The minimum atomic E-state index is -1.56. The Morgan fingerprint density at radius 1 is 1.14 bits per heavy atom. The van der Waals surface area contributed by atoms with E-state index in [2.05, 4.69) is 19.9 Å². The third-order valence-corrected chi connectivity index (χ3v) is 7.55. The van der Waals surface area contributed by atoms with Crippen molar-refractivity contribution in [2.75, 3.05) is 28.1 Å². The van der Waals surface area contributed by atoms with Gasteiger partial charge in [0.05, 0.1) is 20.3 Å². The lowest BCUT2D eigenvalue weighted by Crippen LogP contribution is -2.58. The zero-order valence-corrected chi connectivity index (χ0v) is 17.9. The first-order chi connectivity index (χ1) is 13.7. The summed E-state index contributed by atoms with van der Waals surface area (Å²) in [6.07, 6.45) is 6.02. The lowest BCUT2D eigenvalue weighted by molar-refractivity contribution is -0.181. The van der Waals surface area contributed by atoms with Crippen molar-refractivity contribution in [1.29, 1.82) is 0 Å². The Balaban J connectivity index is 1.93. The van der Waals surface area contributed by atoms with Crippen LogP contribution in [0, 0.1) is 34.5 Å². The van der Waals surface area contributed by atoms with E-state index >= 15 is 0 Å². The standard InChI is InChI=1S/C22H32O7/c1-13-15-7-6-14-10-22(19(24)27-4,20(25)28-5)11-16(23)18(14)21(15,2)9-8-17(13)29-12-26-3/h6-7,13-15,17-18H,8-12H2,1-5H3/t13-,14-,15-,17-,18-,21-/m1/s1. The van der Waals surface area contributed by atoms with Crippen molar-refractivity contribution in [3.63, 3.8) is 0 Å². The predicted octanol–water partition coefficient (Wildman–Crippen LogP) is 2.53. The van der Waals surface area contributed by atoms with Gasteiger partial charge in [-0.1, -0.05) is 26.0 Å². The van der Waals surface area contributed by atoms with Gasteiger partial charge in [0.15, 0.2) is 5.41 Å². The minimum absolute atomic E-state index is 0.0580. The molecule has 7 nitrogen and oxygen atoms in total. The van der Waals surface area contributed by atoms with Gasteiger partial charge in [0, 0.05) is 19.4 Å². The topological polar surface area (TPSA) is 88.1 Å². The number of ketones is 1. The zero-order valence-electron chi connectivity index (χ0n) is 17.9. The second-order valence-electron chi connectivity index (χ2n) is 8.98. The quantitative estimate of drug-likeness (QED) is 0.299. The fraction of sp³-hybridized carbons (Fsp3) is 0.773. The van der Waals surface area contributed by atoms with Crippen LogP contribution in [0.4, 0.5) is 0 Å². The van der Waals surface area contributed by atoms with Gasteiger partial charge in [-0.05, 0) is 42.4 Å². The van der Waals surface area contributed by atoms with E-state index < -0.39 is 17.4 Å². The van der Waals surface area contributed by atoms with E-state index in [1.807, 2.05) is 6.08 Å². The third-order valence-electron chi connectivity index (χ3n) is 7.55. The minimum Gasteiger partial charge on any atom is -0.468 e. The highest BCUT2D eigenvalue weighted by molar-refractivity contribution is 6.05. The van der Waals surface area contributed by atoms with Crippen molar-refractivity contribution >= 4 is 17.7 Å². The Bertz CT molecular complexity index is 683. The van der Waals surface area contributed by atoms with Crippen LogP contribution >= 0.6 is 0 Å². The van der Waals surface area contributed by atoms with Gasteiger partial charge in [0.1, 0.15) is 12.6 Å². The summed E-state index contributed by atoms with van der Waals surface area (Å²) in [5.41, 5.74) is -1.79. The van der Waals surface area contributed by atoms with E-state index in [1.165, 1.54) is 14.2 Å². The fourth-order valence-corrected chi connectivity index (χ4v) is 6.19. The summed E-state index contributed by atoms with van der Waals surface area (Å²) in [7, 11) is 4.08. The number of methoxy groups -OCH3 is 3. The van der Waals surface area contributed by atoms with Crippen LogP contribution in [-0.4, -0.2) is 51.9 Å². The van der Waals surface area contributed by atoms with Crippen molar-refractivity contribution in [2.24, 2.45) is 34.5 Å². The van der Waals surface area contributed by atoms with Crippen LogP contribution in [0.25, 0.3) is 0 Å².